The van der Waals surface area contributed by atoms with Gasteiger partial charge in [-0.25, -0.2) is 4.79 Å². The zero-order valence-corrected chi connectivity index (χ0v) is 15.6. The van der Waals surface area contributed by atoms with E-state index < -0.39 is 0 Å². The van der Waals surface area contributed by atoms with Crippen LogP contribution in [0.2, 0.25) is 0 Å². The van der Waals surface area contributed by atoms with Gasteiger partial charge in [-0.3, -0.25) is 0 Å². The molecule has 0 amide bonds. The first kappa shape index (κ1) is 18.0. The number of esters is 1. The lowest BCUT2D eigenvalue weighted by atomic mass is 9.89. The Labute approximate surface area is 155 Å². The van der Waals surface area contributed by atoms with Crippen LogP contribution in [0.1, 0.15) is 26.3 Å². The minimum absolute atomic E-state index is 0.158. The molecule has 0 fully saturated rings. The molecule has 3 rings (SSSR count). The molecule has 26 heavy (non-hydrogen) atoms. The molecule has 1 unspecified atom stereocenters. The molecule has 0 N–H and O–H groups in total. The highest BCUT2D eigenvalue weighted by molar-refractivity contribution is 6.07. The Balaban J connectivity index is 2.11. The third-order valence-electron chi connectivity index (χ3n) is 4.53. The van der Waals surface area contributed by atoms with Gasteiger partial charge in [0, 0.05) is 11.9 Å². The molecule has 0 saturated heterocycles. The number of benzene rings is 2. The van der Waals surface area contributed by atoms with Crippen molar-refractivity contribution in [2.45, 2.75) is 26.8 Å². The van der Waals surface area contributed by atoms with E-state index in [4.69, 9.17) is 4.74 Å². The highest BCUT2D eigenvalue weighted by Crippen LogP contribution is 2.35. The number of hydrogen-bond acceptors (Lipinski definition) is 3. The maximum Gasteiger partial charge on any atom is 0.340 e. The van der Waals surface area contributed by atoms with E-state index in [2.05, 4.69) is 37.0 Å². The van der Waals surface area contributed by atoms with Crippen molar-refractivity contribution in [3.63, 3.8) is 0 Å². The van der Waals surface area contributed by atoms with Gasteiger partial charge in [-0.05, 0) is 36.1 Å². The van der Waals surface area contributed by atoms with Crippen LogP contribution in [-0.4, -0.2) is 18.6 Å². The molecule has 1 atom stereocenters. The van der Waals surface area contributed by atoms with Crippen molar-refractivity contribution in [1.29, 1.82) is 0 Å². The number of carbonyl (C=O) groups is 1. The summed E-state index contributed by atoms with van der Waals surface area (Å²) in [6.07, 6.45) is 4.14. The van der Waals surface area contributed by atoms with E-state index in [-0.39, 0.29) is 12.0 Å². The van der Waals surface area contributed by atoms with Gasteiger partial charge in [0.15, 0.2) is 0 Å². The van der Waals surface area contributed by atoms with Crippen LogP contribution in [0.3, 0.4) is 0 Å². The largest absolute Gasteiger partial charge is 0.462 e. The van der Waals surface area contributed by atoms with E-state index in [9.17, 15) is 4.79 Å². The van der Waals surface area contributed by atoms with Crippen LogP contribution < -0.4 is 4.90 Å². The molecule has 3 heteroatoms. The second-order valence-corrected chi connectivity index (χ2v) is 6.69. The van der Waals surface area contributed by atoms with E-state index in [0.29, 0.717) is 18.1 Å². The normalized spacial score (nSPS) is 16.9. The maximum atomic E-state index is 12.7. The minimum atomic E-state index is -0.286. The highest BCUT2D eigenvalue weighted by atomic mass is 16.5. The molecule has 0 bridgehead atoms. The van der Waals surface area contributed by atoms with Crippen molar-refractivity contribution < 1.29 is 9.53 Å². The van der Waals surface area contributed by atoms with Crippen molar-refractivity contribution >= 4 is 17.2 Å². The Kier molecular flexibility index (Phi) is 5.57. The first-order valence-electron chi connectivity index (χ1n) is 9.11. The molecule has 0 saturated carbocycles. The first-order valence-corrected chi connectivity index (χ1v) is 9.11. The molecular formula is C23H25NO2. The molecule has 1 aliphatic rings. The van der Waals surface area contributed by atoms with Crippen molar-refractivity contribution in [1.82, 2.24) is 0 Å². The summed E-state index contributed by atoms with van der Waals surface area (Å²) in [5, 5.41) is 0. The topological polar surface area (TPSA) is 29.5 Å². The third kappa shape index (κ3) is 3.72. The fraction of sp³-hybridized carbons (Fsp3) is 0.261. The molecule has 0 aromatic heterocycles. The van der Waals surface area contributed by atoms with Crippen molar-refractivity contribution in [3.05, 3.63) is 84.1 Å². The van der Waals surface area contributed by atoms with Gasteiger partial charge in [0.1, 0.15) is 0 Å². The summed E-state index contributed by atoms with van der Waals surface area (Å²) in [6, 6.07) is 20.4. The molecule has 134 valence electrons. The van der Waals surface area contributed by atoms with Crippen molar-refractivity contribution in [3.8, 4) is 0 Å². The lowest BCUT2D eigenvalue weighted by molar-refractivity contribution is -0.138. The minimum Gasteiger partial charge on any atom is -0.462 e. The van der Waals surface area contributed by atoms with Gasteiger partial charge in [-0.1, -0.05) is 68.5 Å². The van der Waals surface area contributed by atoms with E-state index in [1.165, 1.54) is 0 Å². The van der Waals surface area contributed by atoms with Crippen LogP contribution in [0.25, 0.3) is 5.57 Å². The molecule has 0 radical (unpaired) electrons. The van der Waals surface area contributed by atoms with Crippen LogP contribution in [0, 0.1) is 5.92 Å². The van der Waals surface area contributed by atoms with E-state index in [1.807, 2.05) is 61.7 Å². The van der Waals surface area contributed by atoms with Crippen LogP contribution >= 0.6 is 0 Å². The lowest BCUT2D eigenvalue weighted by Crippen LogP contribution is -2.37. The molecule has 0 aliphatic carbocycles. The van der Waals surface area contributed by atoms with Crippen LogP contribution in [0.15, 0.2) is 78.5 Å². The number of para-hydroxylation sites is 1. The van der Waals surface area contributed by atoms with Crippen LogP contribution in [0.5, 0.6) is 0 Å². The Morgan fingerprint density at radius 2 is 1.65 bits per heavy atom. The lowest BCUT2D eigenvalue weighted by Gasteiger charge is -2.36. The quantitative estimate of drug-likeness (QED) is 0.708. The predicted molar refractivity (Wildman–Crippen MR) is 107 cm³/mol. The maximum absolute atomic E-state index is 12.7. The zero-order valence-electron chi connectivity index (χ0n) is 15.6. The van der Waals surface area contributed by atoms with Gasteiger partial charge in [0.05, 0.1) is 18.2 Å². The van der Waals surface area contributed by atoms with Crippen LogP contribution in [-0.2, 0) is 9.53 Å². The predicted octanol–water partition coefficient (Wildman–Crippen LogP) is 5.06. The van der Waals surface area contributed by atoms with Gasteiger partial charge >= 0.3 is 5.97 Å². The summed E-state index contributed by atoms with van der Waals surface area (Å²) < 4.78 is 5.34. The standard InChI is InChI=1S/C23H25NO2/c1-4-26-23(25)21-16-24(19-13-9-6-10-14-19)22(17(2)3)15-20(21)18-11-7-5-8-12-18/h5-17,22H,4H2,1-3H3. The first-order chi connectivity index (χ1) is 12.6. The average Bonchev–Trinajstić information content (AvgIpc) is 2.68. The molecule has 1 heterocycles. The fourth-order valence-electron chi connectivity index (χ4n) is 3.24. The Morgan fingerprint density at radius 3 is 2.23 bits per heavy atom. The van der Waals surface area contributed by atoms with Gasteiger partial charge in [-0.2, -0.15) is 0 Å². The molecular weight excluding hydrogens is 322 g/mol. The number of hydrogen-bond donors (Lipinski definition) is 0. The van der Waals surface area contributed by atoms with Gasteiger partial charge in [0.2, 0.25) is 0 Å². The third-order valence-corrected chi connectivity index (χ3v) is 4.53. The highest BCUT2D eigenvalue weighted by Gasteiger charge is 2.29. The number of anilines is 1. The monoisotopic (exact) mass is 347 g/mol. The van der Waals surface area contributed by atoms with E-state index in [1.54, 1.807) is 0 Å². The summed E-state index contributed by atoms with van der Waals surface area (Å²) in [6.45, 7) is 6.59. The van der Waals surface area contributed by atoms with Gasteiger partial charge in [0.25, 0.3) is 0 Å². The Bertz CT molecular complexity index is 807. The average molecular weight is 347 g/mol. The molecule has 2 aromatic carbocycles. The second kappa shape index (κ2) is 8.05. The number of rotatable bonds is 5. The van der Waals surface area contributed by atoms with Gasteiger partial charge in [-0.15, -0.1) is 0 Å². The molecule has 3 nitrogen and oxygen atoms in total. The summed E-state index contributed by atoms with van der Waals surface area (Å²) in [4.78, 5) is 14.8. The van der Waals surface area contributed by atoms with Crippen molar-refractivity contribution in [2.75, 3.05) is 11.5 Å². The number of nitrogens with zero attached hydrogens (tertiary/aromatic N) is 1. The summed E-state index contributed by atoms with van der Waals surface area (Å²) >= 11 is 0. The summed E-state index contributed by atoms with van der Waals surface area (Å²) in [5.41, 5.74) is 3.63. The molecule has 0 spiro atoms. The summed E-state index contributed by atoms with van der Waals surface area (Å²) in [5.74, 6) is 0.0969. The SMILES string of the molecule is CCOC(=O)C1=CN(c2ccccc2)C(C(C)C)C=C1c1ccccc1. The van der Waals surface area contributed by atoms with Gasteiger partial charge < -0.3 is 9.64 Å². The Morgan fingerprint density at radius 1 is 1.04 bits per heavy atom. The van der Waals surface area contributed by atoms with E-state index in [0.717, 1.165) is 16.8 Å². The molecule has 2 aromatic rings. The zero-order chi connectivity index (χ0) is 18.5. The second-order valence-electron chi connectivity index (χ2n) is 6.69. The van der Waals surface area contributed by atoms with Crippen LogP contribution in [0.4, 0.5) is 5.69 Å². The number of carbonyl (C=O) groups excluding carboxylic acids is 1. The fourth-order valence-corrected chi connectivity index (χ4v) is 3.24. The van der Waals surface area contributed by atoms with Crippen molar-refractivity contribution in [2.24, 2.45) is 5.92 Å². The Hall–Kier alpha value is -2.81. The molecule has 1 aliphatic heterocycles. The smallest absolute Gasteiger partial charge is 0.340 e. The van der Waals surface area contributed by atoms with E-state index >= 15 is 0 Å². The number of ether oxygens (including phenoxy) is 1. The summed E-state index contributed by atoms with van der Waals surface area (Å²) in [7, 11) is 0.